The minimum absolute atomic E-state index is 0.0513. The summed E-state index contributed by atoms with van der Waals surface area (Å²) in [5.74, 6) is 0. The summed E-state index contributed by atoms with van der Waals surface area (Å²) in [6, 6.07) is 0. The number of hydrogen-bond donors (Lipinski definition) is 0. The first-order valence-corrected chi connectivity index (χ1v) is 10.2. The van der Waals surface area contributed by atoms with E-state index in [1.54, 1.807) is 0 Å². The molecule has 1 rings (SSSR count). The van der Waals surface area contributed by atoms with Crippen molar-refractivity contribution in [1.82, 2.24) is 4.81 Å². The molecule has 22 heteroatoms. The highest BCUT2D eigenvalue weighted by Gasteiger charge is 2.50. The Balaban J connectivity index is 3.51. The normalized spacial score (nSPS) is 13.5. The highest BCUT2D eigenvalue weighted by atomic mass is 15.0. The maximum atomic E-state index is 6.43. The zero-order chi connectivity index (χ0) is 22.5. The molecule has 29 heavy (non-hydrogen) atoms. The molecule has 1 nitrogen and oxygen atoms in total. The van der Waals surface area contributed by atoms with Crippen LogP contribution in [0.4, 0.5) is 0 Å². The Morgan fingerprint density at radius 1 is 0.793 bits per heavy atom. The summed E-state index contributed by atoms with van der Waals surface area (Å²) < 4.78 is 0. The van der Waals surface area contributed by atoms with Gasteiger partial charge in [0.1, 0.15) is 0 Å². The highest BCUT2D eigenvalue weighted by molar-refractivity contribution is 8.19. The van der Waals surface area contributed by atoms with Crippen LogP contribution in [0.5, 0.6) is 0 Å². The van der Waals surface area contributed by atoms with Crippen molar-refractivity contribution in [3.63, 3.8) is 0 Å². The summed E-state index contributed by atoms with van der Waals surface area (Å²) in [6.45, 7) is 5.79. The fourth-order valence-electron chi connectivity index (χ4n) is 4.74. The van der Waals surface area contributed by atoms with Crippen LogP contribution >= 0.6 is 0 Å². The van der Waals surface area contributed by atoms with Crippen molar-refractivity contribution in [1.29, 1.82) is 0 Å². The van der Waals surface area contributed by atoms with Crippen LogP contribution in [0.3, 0.4) is 0 Å². The molecule has 0 aliphatic carbocycles. The van der Waals surface area contributed by atoms with Gasteiger partial charge in [0.15, 0.2) is 6.74 Å². The van der Waals surface area contributed by atoms with Gasteiger partial charge in [-0.25, -0.2) is 0 Å². The van der Waals surface area contributed by atoms with Crippen molar-refractivity contribution in [2.75, 3.05) is 13.1 Å². The van der Waals surface area contributed by atoms with E-state index in [1.807, 2.05) is 0 Å². The third kappa shape index (κ3) is 7.56. The van der Waals surface area contributed by atoms with Gasteiger partial charge in [-0.15, -0.1) is 0 Å². The Kier molecular flexibility index (Phi) is 12.5. The Morgan fingerprint density at radius 3 is 1.59 bits per heavy atom. The first-order valence-electron chi connectivity index (χ1n) is 10.2. The van der Waals surface area contributed by atoms with Crippen LogP contribution < -0.4 is 0 Å². The number of rotatable bonds is 11. The van der Waals surface area contributed by atoms with Crippen molar-refractivity contribution in [2.45, 2.75) is 20.2 Å². The molecule has 0 spiro atoms. The van der Waals surface area contributed by atoms with Gasteiger partial charge >= 0.3 is 0 Å². The maximum Gasteiger partial charge on any atom is 0.166 e. The molecule has 1 aliphatic heterocycles. The quantitative estimate of drug-likeness (QED) is 0.268. The second-order valence-corrected chi connectivity index (χ2v) is 8.42. The monoisotopic (exact) mass is 342 g/mol. The summed E-state index contributed by atoms with van der Waals surface area (Å²) in [5.41, 5.74) is 1.35. The van der Waals surface area contributed by atoms with E-state index in [0.717, 1.165) is 19.5 Å². The molecule has 0 atom stereocenters. The molecule has 0 fully saturated rings. The molecule has 0 saturated carbocycles. The molecule has 0 aromatic rings. The minimum atomic E-state index is -0.826. The summed E-state index contributed by atoms with van der Waals surface area (Å²) >= 11 is 0. The lowest BCUT2D eigenvalue weighted by molar-refractivity contribution is 0.468. The average molecular weight is 338 g/mol. The Hall–Kier alpha value is 1.06. The van der Waals surface area contributed by atoms with E-state index < -0.39 is 51.1 Å². The smallest absolute Gasteiger partial charge is 0.166 e. The van der Waals surface area contributed by atoms with Gasteiger partial charge in [0, 0.05) is 148 Å². The highest BCUT2D eigenvalue weighted by Crippen LogP contribution is 2.17. The first-order chi connectivity index (χ1) is 13.4. The lowest BCUT2D eigenvalue weighted by atomic mass is 8.38. The lowest BCUT2D eigenvalue weighted by Gasteiger charge is -2.47. The largest absolute Gasteiger partial charge is 0.347 e. The van der Waals surface area contributed by atoms with Gasteiger partial charge in [0.25, 0.3) is 0 Å². The lowest BCUT2D eigenvalue weighted by Crippen LogP contribution is -2.84. The molecule has 109 valence electrons. The summed E-state index contributed by atoms with van der Waals surface area (Å²) in [4.78, 5) is 2.31. The van der Waals surface area contributed by atoms with Crippen molar-refractivity contribution in [3.8, 4) is 0 Å². The van der Waals surface area contributed by atoms with Crippen LogP contribution in [0.1, 0.15) is 13.3 Å². The van der Waals surface area contributed by atoms with Gasteiger partial charge in [0.2, 0.25) is 0 Å². The van der Waals surface area contributed by atoms with Gasteiger partial charge in [-0.3, -0.25) is 0 Å². The van der Waals surface area contributed by atoms with Gasteiger partial charge in [0.05, 0.1) is 0 Å². The third-order valence-electron chi connectivity index (χ3n) is 6.38. The van der Waals surface area contributed by atoms with Crippen LogP contribution in [0.15, 0.2) is 11.6 Å². The SMILES string of the molecule is [B][B]B([B])B(B(B([B])[B])B([B])[B])B(B(B([B])[B])B([B])[B])B(C)N1CC=C(C)CC1. The summed E-state index contributed by atoms with van der Waals surface area (Å²) in [7, 11) is 62.5. The van der Waals surface area contributed by atoms with Crippen molar-refractivity contribution in [3.05, 3.63) is 11.6 Å². The molecule has 0 saturated heterocycles. The standard InChI is InChI=1S/C7H13B21N/c1-7-3-5-29(6-4-7)19(2)25(26(20(9)10)21(11)12)28(24(17)18-8)27(22(13)14)23(15)16/h3H,4-6H2,1-2H3. The zero-order valence-corrected chi connectivity index (χ0v) is 17.8. The third-order valence-corrected chi connectivity index (χ3v) is 6.38. The molecule has 1 heterocycles. The van der Waals surface area contributed by atoms with Gasteiger partial charge < -0.3 is 4.81 Å². The van der Waals surface area contributed by atoms with Crippen LogP contribution in [0, 0.1) is 0 Å². The Bertz CT molecular complexity index is 493. The zero-order valence-electron chi connectivity index (χ0n) is 17.8. The number of nitrogens with zero attached hydrogens (tertiary/aromatic N) is 1. The van der Waals surface area contributed by atoms with E-state index >= 15 is 0 Å². The van der Waals surface area contributed by atoms with Crippen LogP contribution in [0.25, 0.3) is 0 Å². The summed E-state index contributed by atoms with van der Waals surface area (Å²) in [5, 5.41) is 0. The molecule has 0 unspecified atom stereocenters. The molecule has 0 bridgehead atoms. The van der Waals surface area contributed by atoms with E-state index in [4.69, 9.17) is 77.4 Å². The maximum absolute atomic E-state index is 6.43. The predicted molar refractivity (Wildman–Crippen MR) is 157 cm³/mol. The van der Waals surface area contributed by atoms with Crippen LogP contribution in [-0.4, -0.2) is 167 Å². The van der Waals surface area contributed by atoms with Crippen molar-refractivity contribution >= 4 is 149 Å². The molecule has 1 aliphatic rings. The molecular formula is C7H13B21N. The van der Waals surface area contributed by atoms with Gasteiger partial charge in [-0.05, 0) is 19.9 Å². The molecule has 0 N–H and O–H groups in total. The Morgan fingerprint density at radius 2 is 1.24 bits per heavy atom. The first kappa shape index (κ1) is 28.1. The van der Waals surface area contributed by atoms with E-state index in [9.17, 15) is 0 Å². The molecule has 0 aromatic heterocycles. The fraction of sp³-hybridized carbons (Fsp3) is 0.714. The van der Waals surface area contributed by atoms with Crippen LogP contribution in [-0.2, 0) is 0 Å². The van der Waals surface area contributed by atoms with Crippen LogP contribution in [0.2, 0.25) is 6.82 Å². The van der Waals surface area contributed by atoms with E-state index in [-0.39, 0.29) is 13.1 Å². The van der Waals surface area contributed by atoms with E-state index in [0.29, 0.717) is 0 Å². The second-order valence-electron chi connectivity index (χ2n) is 8.42. The Labute approximate surface area is 197 Å². The minimum Gasteiger partial charge on any atom is -0.347 e. The van der Waals surface area contributed by atoms with Gasteiger partial charge in [-0.2, -0.15) is 0 Å². The van der Waals surface area contributed by atoms with Crippen molar-refractivity contribution < 1.29 is 0 Å². The van der Waals surface area contributed by atoms with E-state index in [1.165, 1.54) is 12.6 Å². The molecular weight excluding hydrogens is 325 g/mol. The van der Waals surface area contributed by atoms with Crippen molar-refractivity contribution in [2.24, 2.45) is 0 Å². The van der Waals surface area contributed by atoms with E-state index in [2.05, 4.69) is 24.6 Å². The summed E-state index contributed by atoms with van der Waals surface area (Å²) in [6.07, 6.45) is -2.47. The molecule has 0 aromatic carbocycles. The predicted octanol–water partition coefficient (Wildman–Crippen LogP) is -6.31. The molecule has 0 amide bonds. The van der Waals surface area contributed by atoms with Gasteiger partial charge in [-0.1, -0.05) is 18.5 Å². The topological polar surface area (TPSA) is 3.24 Å². The number of hydrogen-bond acceptors (Lipinski definition) is 1. The molecule has 21 radical (unpaired) electrons. The average Bonchev–Trinajstić information content (AvgIpc) is 2.62. The fourth-order valence-corrected chi connectivity index (χ4v) is 4.74. The second kappa shape index (κ2) is 12.9.